The number of nitrogens with one attached hydrogen (secondary N) is 1. The van der Waals surface area contributed by atoms with Crippen molar-refractivity contribution in [2.75, 3.05) is 56.6 Å². The van der Waals surface area contributed by atoms with Gasteiger partial charge in [0.1, 0.15) is 5.82 Å². The summed E-state index contributed by atoms with van der Waals surface area (Å²) < 4.78 is 42.2. The lowest BCUT2D eigenvalue weighted by molar-refractivity contribution is 0.187. The normalized spacial score (nSPS) is 15.7. The van der Waals surface area contributed by atoms with Crippen LogP contribution in [0.1, 0.15) is 17.2 Å². The third-order valence-electron chi connectivity index (χ3n) is 6.54. The molecule has 0 unspecified atom stereocenters. The summed E-state index contributed by atoms with van der Waals surface area (Å²) in [5.74, 6) is -0.241. The number of anilines is 2. The van der Waals surface area contributed by atoms with Gasteiger partial charge in [-0.3, -0.25) is 4.90 Å². The van der Waals surface area contributed by atoms with Gasteiger partial charge in [0.15, 0.2) is 0 Å². The molecule has 8 heteroatoms. The zero-order valence-electron chi connectivity index (χ0n) is 20.5. The highest BCUT2D eigenvalue weighted by molar-refractivity contribution is 7.89. The van der Waals surface area contributed by atoms with Crippen LogP contribution >= 0.6 is 0 Å². The average Bonchev–Trinajstić information content (AvgIpc) is 2.85. The Kier molecular flexibility index (Phi) is 7.74. The zero-order valence-corrected chi connectivity index (χ0v) is 21.3. The van der Waals surface area contributed by atoms with Crippen molar-refractivity contribution in [1.29, 1.82) is 0 Å². The predicted octanol–water partition coefficient (Wildman–Crippen LogP) is 4.04. The molecule has 1 N–H and O–H groups in total. The molecule has 1 aliphatic rings. The van der Waals surface area contributed by atoms with E-state index in [9.17, 15) is 12.8 Å². The van der Waals surface area contributed by atoms with Crippen LogP contribution in [0.2, 0.25) is 0 Å². The minimum atomic E-state index is -3.63. The van der Waals surface area contributed by atoms with Crippen molar-refractivity contribution in [2.45, 2.75) is 17.9 Å². The first-order valence-corrected chi connectivity index (χ1v) is 13.3. The van der Waals surface area contributed by atoms with E-state index >= 15 is 0 Å². The molecule has 4 rings (SSSR count). The van der Waals surface area contributed by atoms with E-state index in [1.807, 2.05) is 25.9 Å². The first-order chi connectivity index (χ1) is 16.7. The quantitative estimate of drug-likeness (QED) is 0.510. The van der Waals surface area contributed by atoms with Crippen LogP contribution in [0.4, 0.5) is 15.8 Å². The lowest BCUT2D eigenvalue weighted by atomic mass is 10.0. The largest absolute Gasteiger partial charge is 0.378 e. The van der Waals surface area contributed by atoms with Crippen LogP contribution in [-0.2, 0) is 10.0 Å². The van der Waals surface area contributed by atoms with Gasteiger partial charge in [-0.05, 0) is 61.0 Å². The fourth-order valence-electron chi connectivity index (χ4n) is 4.39. The van der Waals surface area contributed by atoms with Gasteiger partial charge in [-0.1, -0.05) is 29.8 Å². The monoisotopic (exact) mass is 496 g/mol. The zero-order chi connectivity index (χ0) is 25.0. The topological polar surface area (TPSA) is 55.9 Å². The van der Waals surface area contributed by atoms with Crippen molar-refractivity contribution in [2.24, 2.45) is 0 Å². The summed E-state index contributed by atoms with van der Waals surface area (Å²) in [7, 11) is 0.365. The van der Waals surface area contributed by atoms with Crippen LogP contribution in [0, 0.1) is 12.7 Å². The molecule has 3 aromatic rings. The Morgan fingerprint density at radius 1 is 0.886 bits per heavy atom. The molecule has 1 fully saturated rings. The summed E-state index contributed by atoms with van der Waals surface area (Å²) in [6.45, 7) is 5.30. The number of hydrogen-bond acceptors (Lipinski definition) is 5. The summed E-state index contributed by atoms with van der Waals surface area (Å²) in [4.78, 5) is 6.87. The molecule has 0 radical (unpaired) electrons. The number of aryl methyl sites for hydroxylation is 1. The molecule has 1 heterocycles. The number of nitrogens with zero attached hydrogens (tertiary/aromatic N) is 3. The maximum atomic E-state index is 13.3. The number of benzene rings is 3. The van der Waals surface area contributed by atoms with E-state index in [4.69, 9.17) is 0 Å². The number of rotatable bonds is 8. The van der Waals surface area contributed by atoms with Gasteiger partial charge >= 0.3 is 0 Å². The molecule has 35 heavy (non-hydrogen) atoms. The minimum Gasteiger partial charge on any atom is -0.378 e. The van der Waals surface area contributed by atoms with E-state index in [0.717, 1.165) is 48.7 Å². The second-order valence-corrected chi connectivity index (χ2v) is 10.9. The van der Waals surface area contributed by atoms with Gasteiger partial charge in [-0.2, -0.15) is 0 Å². The molecule has 0 bridgehead atoms. The lowest BCUT2D eigenvalue weighted by Gasteiger charge is -2.40. The van der Waals surface area contributed by atoms with Crippen molar-refractivity contribution in [3.63, 3.8) is 0 Å². The van der Waals surface area contributed by atoms with Gasteiger partial charge < -0.3 is 9.80 Å². The first-order valence-electron chi connectivity index (χ1n) is 11.8. The first kappa shape index (κ1) is 25.2. The summed E-state index contributed by atoms with van der Waals surface area (Å²) in [5.41, 5.74) is 4.17. The average molecular weight is 497 g/mol. The van der Waals surface area contributed by atoms with Crippen LogP contribution in [0.25, 0.3) is 0 Å². The molecule has 1 atom stereocenters. The summed E-state index contributed by atoms with van der Waals surface area (Å²) in [5, 5.41) is 0. The summed E-state index contributed by atoms with van der Waals surface area (Å²) in [6, 6.07) is 21.6. The molecule has 1 aliphatic heterocycles. The Balaban J connectivity index is 1.51. The van der Waals surface area contributed by atoms with Crippen molar-refractivity contribution < 1.29 is 12.8 Å². The molecule has 0 spiro atoms. The van der Waals surface area contributed by atoms with Gasteiger partial charge in [-0.15, -0.1) is 0 Å². The van der Waals surface area contributed by atoms with Gasteiger partial charge in [0.05, 0.1) is 4.90 Å². The van der Waals surface area contributed by atoms with Crippen LogP contribution < -0.4 is 14.5 Å². The Morgan fingerprint density at radius 3 is 2.06 bits per heavy atom. The highest BCUT2D eigenvalue weighted by Gasteiger charge is 2.27. The fourth-order valence-corrected chi connectivity index (χ4v) is 5.42. The standard InChI is InChI=1S/C27H33FN4O2S/c1-21-4-14-26(15-5-21)35(33,34)29-20-27(22-6-10-24(11-7-22)30(2)3)32-18-16-31(17-19-32)25-12-8-23(28)9-13-25/h4-15,27,29H,16-20H2,1-3H3/t27-/m1/s1. The molecule has 186 valence electrons. The third kappa shape index (κ3) is 6.20. The molecule has 0 amide bonds. The Bertz CT molecular complexity index is 1210. The van der Waals surface area contributed by atoms with Gasteiger partial charge in [-0.25, -0.2) is 17.5 Å². The number of sulfonamides is 1. The number of piperazine rings is 1. The van der Waals surface area contributed by atoms with E-state index < -0.39 is 10.0 Å². The molecular formula is C27H33FN4O2S. The molecule has 1 saturated heterocycles. The lowest BCUT2D eigenvalue weighted by Crippen LogP contribution is -2.49. The Labute approximate surface area is 208 Å². The van der Waals surface area contributed by atoms with Crippen LogP contribution in [0.15, 0.2) is 77.7 Å². The molecule has 0 aromatic heterocycles. The van der Waals surface area contributed by atoms with Crippen LogP contribution in [0.3, 0.4) is 0 Å². The van der Waals surface area contributed by atoms with Crippen molar-refractivity contribution in [3.8, 4) is 0 Å². The Morgan fingerprint density at radius 2 is 1.49 bits per heavy atom. The molecular weight excluding hydrogens is 463 g/mol. The molecule has 6 nitrogen and oxygen atoms in total. The van der Waals surface area contributed by atoms with Crippen LogP contribution in [0.5, 0.6) is 0 Å². The summed E-state index contributed by atoms with van der Waals surface area (Å²) >= 11 is 0. The minimum absolute atomic E-state index is 0.109. The predicted molar refractivity (Wildman–Crippen MR) is 140 cm³/mol. The van der Waals surface area contributed by atoms with Crippen molar-refractivity contribution in [3.05, 3.63) is 89.7 Å². The smallest absolute Gasteiger partial charge is 0.240 e. The molecule has 0 aliphatic carbocycles. The van der Waals surface area contributed by atoms with E-state index in [1.165, 1.54) is 12.1 Å². The molecule has 0 saturated carbocycles. The van der Waals surface area contributed by atoms with Gasteiger partial charge in [0.25, 0.3) is 0 Å². The van der Waals surface area contributed by atoms with E-state index in [1.54, 1.807) is 36.4 Å². The third-order valence-corrected chi connectivity index (χ3v) is 7.98. The second kappa shape index (κ2) is 10.8. The highest BCUT2D eigenvalue weighted by Crippen LogP contribution is 2.26. The van der Waals surface area contributed by atoms with Crippen LogP contribution in [-0.4, -0.2) is 60.1 Å². The SMILES string of the molecule is Cc1ccc(S(=O)(=O)NC[C@H](c2ccc(N(C)C)cc2)N2CCN(c3ccc(F)cc3)CC2)cc1. The maximum absolute atomic E-state index is 13.3. The van der Waals surface area contributed by atoms with Gasteiger partial charge in [0.2, 0.25) is 10.0 Å². The second-order valence-electron chi connectivity index (χ2n) is 9.17. The van der Waals surface area contributed by atoms with E-state index in [0.29, 0.717) is 0 Å². The fraction of sp³-hybridized carbons (Fsp3) is 0.333. The molecule has 3 aromatic carbocycles. The Hall–Kier alpha value is -2.94. The van der Waals surface area contributed by atoms with Crippen molar-refractivity contribution >= 4 is 21.4 Å². The van der Waals surface area contributed by atoms with E-state index in [-0.39, 0.29) is 23.3 Å². The maximum Gasteiger partial charge on any atom is 0.240 e. The highest BCUT2D eigenvalue weighted by atomic mass is 32.2. The van der Waals surface area contributed by atoms with Gasteiger partial charge in [0, 0.05) is 64.2 Å². The summed E-state index contributed by atoms with van der Waals surface area (Å²) in [6.07, 6.45) is 0. The number of halogens is 1. The van der Waals surface area contributed by atoms with E-state index in [2.05, 4.69) is 38.8 Å². The number of hydrogen-bond donors (Lipinski definition) is 1. The van der Waals surface area contributed by atoms with Crippen molar-refractivity contribution in [1.82, 2.24) is 9.62 Å².